The molecule has 0 heterocycles. The molecule has 0 aliphatic heterocycles. The summed E-state index contributed by atoms with van der Waals surface area (Å²) in [5, 5.41) is 5.55. The predicted octanol–water partition coefficient (Wildman–Crippen LogP) is 0.391. The highest BCUT2D eigenvalue weighted by Gasteiger charge is 2.47. The van der Waals surface area contributed by atoms with Crippen LogP contribution in [0.5, 0.6) is 0 Å². The molecular weight excluding hydrogens is 230 g/mol. The maximum atomic E-state index is 12.2. The van der Waals surface area contributed by atoms with E-state index in [0.717, 1.165) is 12.8 Å². The Morgan fingerprint density at radius 3 is 2.22 bits per heavy atom. The van der Waals surface area contributed by atoms with Gasteiger partial charge in [-0.3, -0.25) is 9.59 Å². The molecule has 2 amide bonds. The molecule has 1 aliphatic carbocycles. The van der Waals surface area contributed by atoms with Gasteiger partial charge in [0.05, 0.1) is 5.41 Å². The maximum Gasteiger partial charge on any atom is 0.242 e. The van der Waals surface area contributed by atoms with Crippen LogP contribution in [0.3, 0.4) is 0 Å². The van der Waals surface area contributed by atoms with E-state index in [1.54, 1.807) is 6.92 Å². The van der Waals surface area contributed by atoms with E-state index >= 15 is 0 Å². The van der Waals surface area contributed by atoms with E-state index in [4.69, 9.17) is 5.73 Å². The molecule has 1 unspecified atom stereocenters. The molecule has 0 aromatic rings. The van der Waals surface area contributed by atoms with Crippen molar-refractivity contribution in [3.8, 4) is 0 Å². The van der Waals surface area contributed by atoms with E-state index in [1.165, 1.54) is 0 Å². The van der Waals surface area contributed by atoms with E-state index in [9.17, 15) is 9.59 Å². The fourth-order valence-corrected chi connectivity index (χ4v) is 2.54. The highest BCUT2D eigenvalue weighted by molar-refractivity contribution is 5.90. The monoisotopic (exact) mass is 255 g/mol. The van der Waals surface area contributed by atoms with Gasteiger partial charge in [-0.2, -0.15) is 0 Å². The Labute approximate surface area is 109 Å². The van der Waals surface area contributed by atoms with Gasteiger partial charge in [0.2, 0.25) is 11.8 Å². The standard InChI is InChI=1S/C13H25N3O2/c1-8(2)15-11(17)10(4)16-12(18)13(7-14)5-9(3)6-13/h8-10H,5-7,14H2,1-4H3,(H,15,17)(H,16,18). The quantitative estimate of drug-likeness (QED) is 0.664. The van der Waals surface area contributed by atoms with E-state index < -0.39 is 11.5 Å². The molecule has 1 rings (SSSR count). The van der Waals surface area contributed by atoms with Crippen LogP contribution in [-0.4, -0.2) is 30.4 Å². The van der Waals surface area contributed by atoms with Crippen LogP contribution in [0, 0.1) is 11.3 Å². The molecule has 0 bridgehead atoms. The maximum absolute atomic E-state index is 12.2. The Morgan fingerprint density at radius 2 is 1.83 bits per heavy atom. The van der Waals surface area contributed by atoms with Crippen LogP contribution in [0.4, 0.5) is 0 Å². The first-order chi connectivity index (χ1) is 8.30. The number of carbonyl (C=O) groups is 2. The van der Waals surface area contributed by atoms with E-state index in [-0.39, 0.29) is 17.9 Å². The average Bonchev–Trinajstić information content (AvgIpc) is 2.23. The van der Waals surface area contributed by atoms with Crippen molar-refractivity contribution < 1.29 is 9.59 Å². The third kappa shape index (κ3) is 3.22. The smallest absolute Gasteiger partial charge is 0.242 e. The molecule has 5 nitrogen and oxygen atoms in total. The fourth-order valence-electron chi connectivity index (χ4n) is 2.54. The lowest BCUT2D eigenvalue weighted by molar-refractivity contribution is -0.141. The topological polar surface area (TPSA) is 84.2 Å². The zero-order chi connectivity index (χ0) is 13.9. The molecule has 1 saturated carbocycles. The molecular formula is C13H25N3O2. The summed E-state index contributed by atoms with van der Waals surface area (Å²) in [6, 6.07) is -0.441. The summed E-state index contributed by atoms with van der Waals surface area (Å²) in [6.45, 7) is 7.93. The second kappa shape index (κ2) is 5.69. The van der Waals surface area contributed by atoms with E-state index in [1.807, 2.05) is 13.8 Å². The molecule has 104 valence electrons. The zero-order valence-corrected chi connectivity index (χ0v) is 11.7. The first-order valence-corrected chi connectivity index (χ1v) is 6.62. The fraction of sp³-hybridized carbons (Fsp3) is 0.846. The summed E-state index contributed by atoms with van der Waals surface area (Å²) in [6.07, 6.45) is 1.63. The molecule has 18 heavy (non-hydrogen) atoms. The highest BCUT2D eigenvalue weighted by atomic mass is 16.2. The van der Waals surface area contributed by atoms with Crippen molar-refractivity contribution in [1.29, 1.82) is 0 Å². The molecule has 1 aliphatic rings. The first-order valence-electron chi connectivity index (χ1n) is 6.62. The van der Waals surface area contributed by atoms with Crippen molar-refractivity contribution in [2.24, 2.45) is 17.1 Å². The third-order valence-electron chi connectivity index (χ3n) is 3.52. The molecule has 4 N–H and O–H groups in total. The first kappa shape index (κ1) is 15.0. The number of hydrogen-bond acceptors (Lipinski definition) is 3. The summed E-state index contributed by atoms with van der Waals surface area (Å²) >= 11 is 0. The van der Waals surface area contributed by atoms with Gasteiger partial charge in [-0.05, 0) is 39.5 Å². The van der Waals surface area contributed by atoms with Crippen molar-refractivity contribution in [2.75, 3.05) is 6.54 Å². The lowest BCUT2D eigenvalue weighted by Gasteiger charge is -2.44. The SMILES string of the molecule is CC1CC(CN)(C(=O)NC(C)C(=O)NC(C)C)C1. The van der Waals surface area contributed by atoms with Crippen molar-refractivity contribution in [3.05, 3.63) is 0 Å². The minimum Gasteiger partial charge on any atom is -0.352 e. The molecule has 0 aromatic carbocycles. The van der Waals surface area contributed by atoms with Gasteiger partial charge in [0.25, 0.3) is 0 Å². The highest BCUT2D eigenvalue weighted by Crippen LogP contribution is 2.44. The molecule has 0 aromatic heterocycles. The lowest BCUT2D eigenvalue weighted by Crippen LogP contribution is -2.57. The van der Waals surface area contributed by atoms with Crippen LogP contribution in [0.15, 0.2) is 0 Å². The minimum atomic E-state index is -0.515. The number of nitrogens with one attached hydrogen (secondary N) is 2. The Bertz CT molecular complexity index is 322. The summed E-state index contributed by atoms with van der Waals surface area (Å²) < 4.78 is 0. The van der Waals surface area contributed by atoms with Crippen molar-refractivity contribution >= 4 is 11.8 Å². The number of nitrogens with two attached hydrogens (primary N) is 1. The predicted molar refractivity (Wildman–Crippen MR) is 70.8 cm³/mol. The van der Waals surface area contributed by atoms with Crippen LogP contribution < -0.4 is 16.4 Å². The Kier molecular flexibility index (Phi) is 4.73. The van der Waals surface area contributed by atoms with Crippen LogP contribution in [-0.2, 0) is 9.59 Å². The van der Waals surface area contributed by atoms with Crippen molar-refractivity contribution in [3.63, 3.8) is 0 Å². The van der Waals surface area contributed by atoms with E-state index in [2.05, 4.69) is 17.6 Å². The molecule has 0 spiro atoms. The van der Waals surface area contributed by atoms with Crippen LogP contribution in [0.1, 0.15) is 40.5 Å². The molecule has 1 fully saturated rings. The summed E-state index contributed by atoms with van der Waals surface area (Å²) in [7, 11) is 0. The van der Waals surface area contributed by atoms with Gasteiger partial charge in [-0.1, -0.05) is 6.92 Å². The third-order valence-corrected chi connectivity index (χ3v) is 3.52. The van der Waals surface area contributed by atoms with Gasteiger partial charge < -0.3 is 16.4 Å². The number of rotatable bonds is 5. The van der Waals surface area contributed by atoms with Gasteiger partial charge in [0.15, 0.2) is 0 Å². The van der Waals surface area contributed by atoms with E-state index in [0.29, 0.717) is 12.5 Å². The summed E-state index contributed by atoms with van der Waals surface area (Å²) in [5.41, 5.74) is 5.25. The summed E-state index contributed by atoms with van der Waals surface area (Å²) in [5.74, 6) is 0.298. The Morgan fingerprint density at radius 1 is 1.28 bits per heavy atom. The van der Waals surface area contributed by atoms with Crippen LogP contribution in [0.2, 0.25) is 0 Å². The van der Waals surface area contributed by atoms with Gasteiger partial charge in [-0.15, -0.1) is 0 Å². The summed E-state index contributed by atoms with van der Waals surface area (Å²) in [4.78, 5) is 23.9. The van der Waals surface area contributed by atoms with Crippen molar-refractivity contribution in [2.45, 2.75) is 52.6 Å². The van der Waals surface area contributed by atoms with Gasteiger partial charge in [-0.25, -0.2) is 0 Å². The molecule has 5 heteroatoms. The minimum absolute atomic E-state index is 0.0732. The van der Waals surface area contributed by atoms with Gasteiger partial charge in [0.1, 0.15) is 6.04 Å². The lowest BCUT2D eigenvalue weighted by atomic mass is 9.62. The number of hydrogen-bond donors (Lipinski definition) is 3. The normalized spacial score (nSPS) is 28.4. The molecule has 0 radical (unpaired) electrons. The van der Waals surface area contributed by atoms with Crippen LogP contribution in [0.25, 0.3) is 0 Å². The number of carbonyl (C=O) groups excluding carboxylic acids is 2. The van der Waals surface area contributed by atoms with Crippen LogP contribution >= 0.6 is 0 Å². The second-order valence-electron chi connectivity index (χ2n) is 5.86. The zero-order valence-electron chi connectivity index (χ0n) is 11.7. The van der Waals surface area contributed by atoms with Gasteiger partial charge in [0, 0.05) is 12.6 Å². The molecule has 1 atom stereocenters. The average molecular weight is 255 g/mol. The Hall–Kier alpha value is -1.10. The van der Waals surface area contributed by atoms with Crippen molar-refractivity contribution in [1.82, 2.24) is 10.6 Å². The molecule has 0 saturated heterocycles. The largest absolute Gasteiger partial charge is 0.352 e. The second-order valence-corrected chi connectivity index (χ2v) is 5.86. The van der Waals surface area contributed by atoms with Gasteiger partial charge >= 0.3 is 0 Å². The number of amides is 2. The Balaban J connectivity index is 2.51.